The van der Waals surface area contributed by atoms with Crippen molar-refractivity contribution in [2.75, 3.05) is 44.3 Å². The fourth-order valence-electron chi connectivity index (χ4n) is 3.54. The van der Waals surface area contributed by atoms with Crippen LogP contribution in [0.4, 0.5) is 5.13 Å². The molecule has 0 radical (unpaired) electrons. The van der Waals surface area contributed by atoms with Gasteiger partial charge in [0.2, 0.25) is 0 Å². The first-order valence-electron chi connectivity index (χ1n) is 9.76. The van der Waals surface area contributed by atoms with Gasteiger partial charge in [0, 0.05) is 36.8 Å². The smallest absolute Gasteiger partial charge is 0.260 e. The molecule has 5 nitrogen and oxygen atoms in total. The summed E-state index contributed by atoms with van der Waals surface area (Å²) in [7, 11) is 0. The standard InChI is InChI=1S/C22H24ClN3O2S.ClH/c1-15-4-3-5-17(12-15)21(27)26(7-6-25-8-10-28-11-9-25)22-24-20-16(2)13-18(23)14-19(20)29-22;/h3-5,12-14H,6-11H2,1-2H3;1H. The summed E-state index contributed by atoms with van der Waals surface area (Å²) in [5.41, 5.74) is 3.67. The number of amides is 1. The summed E-state index contributed by atoms with van der Waals surface area (Å²) >= 11 is 7.75. The number of rotatable bonds is 5. The van der Waals surface area contributed by atoms with Gasteiger partial charge in [0.25, 0.3) is 5.91 Å². The number of carbonyl (C=O) groups excluding carboxylic acids is 1. The van der Waals surface area contributed by atoms with E-state index in [0.717, 1.165) is 54.2 Å². The zero-order chi connectivity index (χ0) is 20.4. The Hall–Kier alpha value is -1.70. The minimum Gasteiger partial charge on any atom is -0.379 e. The average Bonchev–Trinajstić information content (AvgIpc) is 3.13. The Labute approximate surface area is 192 Å². The number of aryl methyl sites for hydroxylation is 2. The monoisotopic (exact) mass is 465 g/mol. The van der Waals surface area contributed by atoms with Gasteiger partial charge in [0.15, 0.2) is 5.13 Å². The molecule has 0 saturated carbocycles. The third-order valence-electron chi connectivity index (χ3n) is 5.12. The third-order valence-corrected chi connectivity index (χ3v) is 6.37. The van der Waals surface area contributed by atoms with Gasteiger partial charge in [-0.15, -0.1) is 12.4 Å². The number of anilines is 1. The Morgan fingerprint density at radius 2 is 2.00 bits per heavy atom. The van der Waals surface area contributed by atoms with Crippen LogP contribution >= 0.6 is 35.3 Å². The Bertz CT molecular complexity index is 1030. The summed E-state index contributed by atoms with van der Waals surface area (Å²) in [6.07, 6.45) is 0. The molecule has 1 aromatic heterocycles. The van der Waals surface area contributed by atoms with E-state index in [1.54, 1.807) is 0 Å². The summed E-state index contributed by atoms with van der Waals surface area (Å²) in [6.45, 7) is 8.63. The van der Waals surface area contributed by atoms with Crippen LogP contribution in [0.25, 0.3) is 10.2 Å². The Kier molecular flexibility index (Phi) is 7.71. The van der Waals surface area contributed by atoms with Gasteiger partial charge in [-0.3, -0.25) is 14.6 Å². The van der Waals surface area contributed by atoms with E-state index >= 15 is 0 Å². The minimum atomic E-state index is -0.0234. The van der Waals surface area contributed by atoms with E-state index in [4.69, 9.17) is 21.3 Å². The van der Waals surface area contributed by atoms with Crippen LogP contribution < -0.4 is 4.90 Å². The van der Waals surface area contributed by atoms with Crippen LogP contribution in [0, 0.1) is 13.8 Å². The maximum atomic E-state index is 13.4. The molecule has 0 unspecified atom stereocenters. The number of thiazole rings is 1. The summed E-state index contributed by atoms with van der Waals surface area (Å²) in [5, 5.41) is 1.40. The zero-order valence-corrected chi connectivity index (χ0v) is 19.4. The second-order valence-electron chi connectivity index (χ2n) is 7.35. The molecule has 3 aromatic rings. The Morgan fingerprint density at radius 1 is 1.23 bits per heavy atom. The number of benzene rings is 2. The number of halogens is 2. The molecular formula is C22H25Cl2N3O2S. The lowest BCUT2D eigenvalue weighted by atomic mass is 10.1. The third kappa shape index (κ3) is 5.13. The van der Waals surface area contributed by atoms with Crippen LogP contribution in [-0.2, 0) is 4.74 Å². The molecule has 30 heavy (non-hydrogen) atoms. The molecule has 0 aliphatic carbocycles. The molecule has 0 N–H and O–H groups in total. The first kappa shape index (κ1) is 23.0. The fourth-order valence-corrected chi connectivity index (χ4v) is 4.99. The van der Waals surface area contributed by atoms with Crippen LogP contribution in [0.15, 0.2) is 36.4 Å². The van der Waals surface area contributed by atoms with Crippen molar-refractivity contribution in [2.45, 2.75) is 13.8 Å². The molecule has 8 heteroatoms. The lowest BCUT2D eigenvalue weighted by Gasteiger charge is -2.29. The van der Waals surface area contributed by atoms with E-state index in [0.29, 0.717) is 22.3 Å². The van der Waals surface area contributed by atoms with Crippen LogP contribution in [0.3, 0.4) is 0 Å². The van der Waals surface area contributed by atoms with Crippen LogP contribution in [0.1, 0.15) is 21.5 Å². The number of nitrogens with zero attached hydrogens (tertiary/aromatic N) is 3. The molecule has 1 fully saturated rings. The summed E-state index contributed by atoms with van der Waals surface area (Å²) in [6, 6.07) is 11.5. The van der Waals surface area contributed by atoms with Gasteiger partial charge in [-0.05, 0) is 43.7 Å². The molecule has 0 atom stereocenters. The second kappa shape index (κ2) is 10.1. The molecule has 4 rings (SSSR count). The quantitative estimate of drug-likeness (QED) is 0.533. The van der Waals surface area contributed by atoms with Crippen molar-refractivity contribution < 1.29 is 9.53 Å². The number of aromatic nitrogens is 1. The van der Waals surface area contributed by atoms with E-state index in [-0.39, 0.29) is 18.3 Å². The lowest BCUT2D eigenvalue weighted by molar-refractivity contribution is 0.0391. The van der Waals surface area contributed by atoms with E-state index in [2.05, 4.69) is 4.90 Å². The number of morpholine rings is 1. The maximum Gasteiger partial charge on any atom is 0.260 e. The molecule has 2 aromatic carbocycles. The van der Waals surface area contributed by atoms with Crippen molar-refractivity contribution in [2.24, 2.45) is 0 Å². The highest BCUT2D eigenvalue weighted by molar-refractivity contribution is 7.22. The topological polar surface area (TPSA) is 45.7 Å². The Morgan fingerprint density at radius 3 is 2.73 bits per heavy atom. The number of carbonyl (C=O) groups is 1. The highest BCUT2D eigenvalue weighted by atomic mass is 35.5. The van der Waals surface area contributed by atoms with Crippen LogP contribution in [0.2, 0.25) is 5.02 Å². The first-order valence-corrected chi connectivity index (χ1v) is 11.0. The van der Waals surface area contributed by atoms with Gasteiger partial charge < -0.3 is 4.74 Å². The van der Waals surface area contributed by atoms with Gasteiger partial charge in [-0.2, -0.15) is 0 Å². The van der Waals surface area contributed by atoms with Gasteiger partial charge in [0.05, 0.1) is 23.4 Å². The summed E-state index contributed by atoms with van der Waals surface area (Å²) < 4.78 is 6.44. The number of hydrogen-bond acceptors (Lipinski definition) is 5. The Balaban J connectivity index is 0.00000256. The zero-order valence-electron chi connectivity index (χ0n) is 17.1. The van der Waals surface area contributed by atoms with Crippen LogP contribution in [0.5, 0.6) is 0 Å². The van der Waals surface area contributed by atoms with Crippen molar-refractivity contribution in [1.29, 1.82) is 0 Å². The predicted molar refractivity (Wildman–Crippen MR) is 127 cm³/mol. The lowest BCUT2D eigenvalue weighted by Crippen LogP contribution is -2.43. The van der Waals surface area contributed by atoms with Crippen molar-refractivity contribution in [3.63, 3.8) is 0 Å². The second-order valence-corrected chi connectivity index (χ2v) is 8.79. The number of ether oxygens (including phenoxy) is 1. The van der Waals surface area contributed by atoms with Gasteiger partial charge >= 0.3 is 0 Å². The largest absolute Gasteiger partial charge is 0.379 e. The molecule has 1 aliphatic rings. The predicted octanol–water partition coefficient (Wildman–Crippen LogP) is 4.97. The van der Waals surface area contributed by atoms with Crippen molar-refractivity contribution >= 4 is 56.6 Å². The highest BCUT2D eigenvalue weighted by Crippen LogP contribution is 2.33. The molecule has 1 aliphatic heterocycles. The van der Waals surface area contributed by atoms with E-state index in [1.807, 2.05) is 55.1 Å². The number of fused-ring (bicyclic) bond motifs is 1. The maximum absolute atomic E-state index is 13.4. The summed E-state index contributed by atoms with van der Waals surface area (Å²) in [5.74, 6) is -0.0234. The van der Waals surface area contributed by atoms with Crippen molar-refractivity contribution in [1.82, 2.24) is 9.88 Å². The SMILES string of the molecule is Cc1cccc(C(=O)N(CCN2CCOCC2)c2nc3c(C)cc(Cl)cc3s2)c1.Cl. The highest BCUT2D eigenvalue weighted by Gasteiger charge is 2.23. The molecular weight excluding hydrogens is 441 g/mol. The van der Waals surface area contributed by atoms with E-state index in [1.165, 1.54) is 11.3 Å². The minimum absolute atomic E-state index is 0. The van der Waals surface area contributed by atoms with Crippen molar-refractivity contribution in [3.8, 4) is 0 Å². The van der Waals surface area contributed by atoms with Gasteiger partial charge in [-0.25, -0.2) is 4.98 Å². The number of hydrogen-bond donors (Lipinski definition) is 0. The molecule has 2 heterocycles. The van der Waals surface area contributed by atoms with Gasteiger partial charge in [0.1, 0.15) is 0 Å². The van der Waals surface area contributed by atoms with Gasteiger partial charge in [-0.1, -0.05) is 40.6 Å². The first-order chi connectivity index (χ1) is 14.0. The molecule has 0 bridgehead atoms. The van der Waals surface area contributed by atoms with Crippen molar-refractivity contribution in [3.05, 3.63) is 58.1 Å². The average molecular weight is 466 g/mol. The normalized spacial score (nSPS) is 14.5. The van der Waals surface area contributed by atoms with E-state index < -0.39 is 0 Å². The van der Waals surface area contributed by atoms with E-state index in [9.17, 15) is 4.79 Å². The molecule has 1 amide bonds. The summed E-state index contributed by atoms with van der Waals surface area (Å²) in [4.78, 5) is 22.4. The molecule has 1 saturated heterocycles. The molecule has 160 valence electrons. The molecule has 0 spiro atoms. The fraction of sp³-hybridized carbons (Fsp3) is 0.364. The van der Waals surface area contributed by atoms with Crippen LogP contribution in [-0.4, -0.2) is 55.2 Å².